The van der Waals surface area contributed by atoms with E-state index in [-0.39, 0.29) is 0 Å². The summed E-state index contributed by atoms with van der Waals surface area (Å²) < 4.78 is 0. The van der Waals surface area contributed by atoms with Gasteiger partial charge < -0.3 is 5.11 Å². The second kappa shape index (κ2) is 4.22. The van der Waals surface area contributed by atoms with Crippen LogP contribution in [0.4, 0.5) is 0 Å². The summed E-state index contributed by atoms with van der Waals surface area (Å²) in [7, 11) is 0. The maximum absolute atomic E-state index is 10.6. The number of nitrogens with zero attached hydrogens (tertiary/aromatic N) is 1. The van der Waals surface area contributed by atoms with E-state index in [0.717, 1.165) is 23.8 Å². The Balaban J connectivity index is 2.12. The lowest BCUT2D eigenvalue weighted by molar-refractivity contribution is -0.00532. The molecule has 0 aliphatic heterocycles. The van der Waals surface area contributed by atoms with Crippen molar-refractivity contribution >= 4 is 11.3 Å². The molecule has 1 heterocycles. The van der Waals surface area contributed by atoms with Gasteiger partial charge in [0, 0.05) is 11.1 Å². The highest BCUT2D eigenvalue weighted by atomic mass is 32.1. The van der Waals surface area contributed by atoms with Crippen LogP contribution < -0.4 is 0 Å². The average molecular weight is 225 g/mol. The second-order valence-corrected chi connectivity index (χ2v) is 5.90. The minimum atomic E-state index is -0.663. The molecule has 3 heteroatoms. The number of rotatable bonds is 4. The van der Waals surface area contributed by atoms with Gasteiger partial charge in [-0.05, 0) is 25.7 Å². The molecule has 2 rings (SSSR count). The molecule has 1 unspecified atom stereocenters. The summed E-state index contributed by atoms with van der Waals surface area (Å²) in [6.07, 6.45) is 7.44. The fourth-order valence-electron chi connectivity index (χ4n) is 2.13. The molecule has 1 aliphatic carbocycles. The molecule has 0 bridgehead atoms. The lowest BCUT2D eigenvalue weighted by Gasteiger charge is -2.34. The van der Waals surface area contributed by atoms with Gasteiger partial charge in [0.15, 0.2) is 0 Å². The summed E-state index contributed by atoms with van der Waals surface area (Å²) in [6.45, 7) is 4.09. The first kappa shape index (κ1) is 11.1. The van der Waals surface area contributed by atoms with Gasteiger partial charge in [0.2, 0.25) is 0 Å². The van der Waals surface area contributed by atoms with Crippen molar-refractivity contribution in [2.45, 2.75) is 51.6 Å². The highest BCUT2D eigenvalue weighted by Gasteiger charge is 2.35. The van der Waals surface area contributed by atoms with E-state index in [2.05, 4.69) is 11.9 Å². The number of aryl methyl sites for hydroxylation is 1. The highest BCUT2D eigenvalue weighted by Crippen LogP contribution is 2.40. The molecular weight excluding hydrogens is 206 g/mol. The molecule has 0 saturated heterocycles. The van der Waals surface area contributed by atoms with E-state index in [1.165, 1.54) is 24.1 Å². The zero-order valence-corrected chi connectivity index (χ0v) is 10.3. The third-order valence-corrected chi connectivity index (χ3v) is 4.56. The molecule has 1 aliphatic rings. The molecule has 2 nitrogen and oxygen atoms in total. The Labute approximate surface area is 95.4 Å². The standard InChI is InChI=1S/C12H19NOS/c1-3-12(14,7-10-5-4-6-10)11-13-8-9(2)15-11/h8,10,14H,3-7H2,1-2H3. The highest BCUT2D eigenvalue weighted by molar-refractivity contribution is 7.11. The maximum Gasteiger partial charge on any atom is 0.125 e. The third kappa shape index (κ3) is 2.23. The largest absolute Gasteiger partial charge is 0.383 e. The molecule has 1 atom stereocenters. The minimum absolute atomic E-state index is 0.663. The predicted molar refractivity (Wildman–Crippen MR) is 63.0 cm³/mol. The van der Waals surface area contributed by atoms with E-state index in [9.17, 15) is 5.11 Å². The van der Waals surface area contributed by atoms with Crippen molar-refractivity contribution in [1.29, 1.82) is 0 Å². The van der Waals surface area contributed by atoms with Gasteiger partial charge in [-0.15, -0.1) is 11.3 Å². The summed E-state index contributed by atoms with van der Waals surface area (Å²) in [6, 6.07) is 0. The third-order valence-electron chi connectivity index (χ3n) is 3.46. The van der Waals surface area contributed by atoms with E-state index in [1.807, 2.05) is 13.1 Å². The Kier molecular flexibility index (Phi) is 3.12. The monoisotopic (exact) mass is 225 g/mol. The Morgan fingerprint density at radius 2 is 2.33 bits per heavy atom. The van der Waals surface area contributed by atoms with Crippen molar-refractivity contribution in [3.8, 4) is 0 Å². The summed E-state index contributed by atoms with van der Waals surface area (Å²) in [5.74, 6) is 0.721. The van der Waals surface area contributed by atoms with Crippen molar-refractivity contribution < 1.29 is 5.11 Å². The van der Waals surface area contributed by atoms with Crippen molar-refractivity contribution in [2.24, 2.45) is 5.92 Å². The van der Waals surface area contributed by atoms with E-state index in [0.29, 0.717) is 0 Å². The summed E-state index contributed by atoms with van der Waals surface area (Å²) in [5.41, 5.74) is -0.663. The smallest absolute Gasteiger partial charge is 0.125 e. The molecule has 1 fully saturated rings. The van der Waals surface area contributed by atoms with Crippen LogP contribution in [-0.4, -0.2) is 10.1 Å². The number of hydrogen-bond acceptors (Lipinski definition) is 3. The SMILES string of the molecule is CCC(O)(CC1CCC1)c1ncc(C)s1. The first-order valence-electron chi connectivity index (χ1n) is 5.79. The summed E-state index contributed by atoms with van der Waals surface area (Å²) in [5, 5.41) is 11.5. The summed E-state index contributed by atoms with van der Waals surface area (Å²) >= 11 is 1.63. The zero-order valence-electron chi connectivity index (χ0n) is 9.49. The fourth-order valence-corrected chi connectivity index (χ4v) is 3.06. The quantitative estimate of drug-likeness (QED) is 0.853. The summed E-state index contributed by atoms with van der Waals surface area (Å²) in [4.78, 5) is 5.52. The van der Waals surface area contributed by atoms with Crippen LogP contribution in [0.15, 0.2) is 6.20 Å². The van der Waals surface area contributed by atoms with Crippen molar-refractivity contribution in [2.75, 3.05) is 0 Å². The van der Waals surface area contributed by atoms with Crippen LogP contribution in [0.1, 0.15) is 48.9 Å². The van der Waals surface area contributed by atoms with Crippen molar-refractivity contribution in [1.82, 2.24) is 4.98 Å². The Morgan fingerprint density at radius 3 is 2.73 bits per heavy atom. The van der Waals surface area contributed by atoms with Gasteiger partial charge in [-0.25, -0.2) is 4.98 Å². The normalized spacial score (nSPS) is 21.0. The lowest BCUT2D eigenvalue weighted by Crippen LogP contribution is -2.30. The molecular formula is C12H19NOS. The minimum Gasteiger partial charge on any atom is -0.383 e. The zero-order chi connectivity index (χ0) is 10.9. The van der Waals surface area contributed by atoms with E-state index in [1.54, 1.807) is 11.3 Å². The van der Waals surface area contributed by atoms with Crippen LogP contribution in [0.2, 0.25) is 0 Å². The molecule has 1 aromatic heterocycles. The first-order chi connectivity index (χ1) is 7.14. The Hall–Kier alpha value is -0.410. The van der Waals surface area contributed by atoms with Gasteiger partial charge in [0.1, 0.15) is 10.6 Å². The molecule has 1 N–H and O–H groups in total. The van der Waals surface area contributed by atoms with E-state index >= 15 is 0 Å². The molecule has 84 valence electrons. The topological polar surface area (TPSA) is 33.1 Å². The second-order valence-electron chi connectivity index (χ2n) is 4.66. The molecule has 1 aromatic rings. The molecule has 0 radical (unpaired) electrons. The van der Waals surface area contributed by atoms with E-state index < -0.39 is 5.60 Å². The predicted octanol–water partition coefficient (Wildman–Crippen LogP) is 3.24. The van der Waals surface area contributed by atoms with Gasteiger partial charge in [0.25, 0.3) is 0 Å². The number of thiazole rings is 1. The van der Waals surface area contributed by atoms with Gasteiger partial charge in [0.05, 0.1) is 0 Å². The van der Waals surface area contributed by atoms with Crippen molar-refractivity contribution in [3.05, 3.63) is 16.1 Å². The number of aliphatic hydroxyl groups is 1. The van der Waals surface area contributed by atoms with Gasteiger partial charge in [-0.3, -0.25) is 0 Å². The molecule has 0 amide bonds. The van der Waals surface area contributed by atoms with Crippen LogP contribution in [0.25, 0.3) is 0 Å². The number of hydrogen-bond donors (Lipinski definition) is 1. The van der Waals surface area contributed by atoms with Crippen LogP contribution >= 0.6 is 11.3 Å². The van der Waals surface area contributed by atoms with Gasteiger partial charge in [-0.2, -0.15) is 0 Å². The van der Waals surface area contributed by atoms with Crippen LogP contribution in [0.5, 0.6) is 0 Å². The van der Waals surface area contributed by atoms with Gasteiger partial charge in [-0.1, -0.05) is 26.2 Å². The van der Waals surface area contributed by atoms with E-state index in [4.69, 9.17) is 0 Å². The molecule has 0 aromatic carbocycles. The van der Waals surface area contributed by atoms with Gasteiger partial charge >= 0.3 is 0 Å². The lowest BCUT2D eigenvalue weighted by atomic mass is 9.76. The molecule has 1 saturated carbocycles. The molecule has 0 spiro atoms. The van der Waals surface area contributed by atoms with Crippen LogP contribution in [-0.2, 0) is 5.60 Å². The first-order valence-corrected chi connectivity index (χ1v) is 6.61. The Morgan fingerprint density at radius 1 is 1.60 bits per heavy atom. The maximum atomic E-state index is 10.6. The van der Waals surface area contributed by atoms with Crippen molar-refractivity contribution in [3.63, 3.8) is 0 Å². The number of aromatic nitrogens is 1. The fraction of sp³-hybridized carbons (Fsp3) is 0.750. The molecule has 15 heavy (non-hydrogen) atoms. The van der Waals surface area contributed by atoms with Crippen LogP contribution in [0, 0.1) is 12.8 Å². The van der Waals surface area contributed by atoms with Crippen LogP contribution in [0.3, 0.4) is 0 Å². The Bertz CT molecular complexity index is 332. The average Bonchev–Trinajstić information content (AvgIpc) is 2.59.